The van der Waals surface area contributed by atoms with E-state index < -0.39 is 0 Å². The van der Waals surface area contributed by atoms with E-state index in [0.717, 1.165) is 0 Å². The Morgan fingerprint density at radius 1 is 1.12 bits per heavy atom. The number of ether oxygens (including phenoxy) is 1. The molecule has 0 atom stereocenters. The first-order chi connectivity index (χ1) is 7.67. The minimum Gasteiger partial charge on any atom is -0.430 e. The Morgan fingerprint density at radius 2 is 1.81 bits per heavy atom. The maximum absolute atomic E-state index is 5.83. The van der Waals surface area contributed by atoms with Crippen molar-refractivity contribution in [3.8, 4) is 10.9 Å². The molecule has 0 aliphatic heterocycles. The van der Waals surface area contributed by atoms with Crippen molar-refractivity contribution >= 4 is 46.1 Å². The summed E-state index contributed by atoms with van der Waals surface area (Å²) >= 11 is 18.5. The van der Waals surface area contributed by atoms with E-state index in [4.69, 9.17) is 39.5 Å². The molecule has 0 amide bonds. The minimum atomic E-state index is 0.317. The number of halogens is 3. The molecule has 2 aromatic rings. The number of nitrogens with zero attached hydrogens (tertiary/aromatic N) is 2. The van der Waals surface area contributed by atoms with Crippen molar-refractivity contribution in [2.24, 2.45) is 0 Å². The molecule has 0 fully saturated rings. The average molecular weight is 296 g/mol. The molecule has 2 rings (SSSR count). The van der Waals surface area contributed by atoms with Crippen molar-refractivity contribution in [1.29, 1.82) is 0 Å². The van der Waals surface area contributed by atoms with Gasteiger partial charge in [-0.15, -0.1) is 16.7 Å². The van der Waals surface area contributed by atoms with Crippen LogP contribution < -0.4 is 4.74 Å². The number of alkyl halides is 1. The van der Waals surface area contributed by atoms with Crippen LogP contribution in [-0.2, 0) is 5.88 Å². The zero-order valence-corrected chi connectivity index (χ0v) is 10.9. The van der Waals surface area contributed by atoms with Crippen LogP contribution in [0.2, 0.25) is 10.0 Å². The molecule has 1 aromatic carbocycles. The normalized spacial score (nSPS) is 10.4. The van der Waals surface area contributed by atoms with Crippen molar-refractivity contribution in [2.45, 2.75) is 5.88 Å². The summed E-state index contributed by atoms with van der Waals surface area (Å²) in [5.74, 6) is 0.840. The second kappa shape index (κ2) is 5.19. The minimum absolute atomic E-state index is 0.317. The van der Waals surface area contributed by atoms with Crippen LogP contribution in [0.4, 0.5) is 0 Å². The van der Waals surface area contributed by atoms with E-state index in [9.17, 15) is 0 Å². The van der Waals surface area contributed by atoms with Crippen molar-refractivity contribution < 1.29 is 4.74 Å². The molecular formula is C9H5Cl3N2OS. The first-order valence-electron chi connectivity index (χ1n) is 4.19. The lowest BCUT2D eigenvalue weighted by molar-refractivity contribution is 0.473. The van der Waals surface area contributed by atoms with Crippen LogP contribution in [0.5, 0.6) is 10.9 Å². The predicted molar refractivity (Wildman–Crippen MR) is 66.0 cm³/mol. The third-order valence-electron chi connectivity index (χ3n) is 1.60. The maximum Gasteiger partial charge on any atom is 0.299 e. The zero-order chi connectivity index (χ0) is 11.5. The van der Waals surface area contributed by atoms with Crippen LogP contribution in [0.1, 0.15) is 5.01 Å². The third kappa shape index (κ3) is 2.98. The van der Waals surface area contributed by atoms with Gasteiger partial charge >= 0.3 is 0 Å². The van der Waals surface area contributed by atoms with E-state index in [1.54, 1.807) is 18.2 Å². The van der Waals surface area contributed by atoms with E-state index in [2.05, 4.69) is 10.2 Å². The molecule has 0 aliphatic rings. The largest absolute Gasteiger partial charge is 0.430 e. The Bertz CT molecular complexity index is 483. The fraction of sp³-hybridized carbons (Fsp3) is 0.111. The molecule has 84 valence electrons. The number of aromatic nitrogens is 2. The SMILES string of the molecule is ClCc1nnc(Oc2cc(Cl)cc(Cl)c2)s1. The molecule has 0 N–H and O–H groups in total. The van der Waals surface area contributed by atoms with Crippen LogP contribution in [0.15, 0.2) is 18.2 Å². The molecule has 0 bridgehead atoms. The summed E-state index contributed by atoms with van der Waals surface area (Å²) in [4.78, 5) is 0. The summed E-state index contributed by atoms with van der Waals surface area (Å²) in [6.45, 7) is 0. The van der Waals surface area contributed by atoms with E-state index in [1.165, 1.54) is 11.3 Å². The average Bonchev–Trinajstić information content (AvgIpc) is 2.64. The van der Waals surface area contributed by atoms with Crippen LogP contribution in [0, 0.1) is 0 Å². The Balaban J connectivity index is 2.19. The van der Waals surface area contributed by atoms with Gasteiger partial charge in [0, 0.05) is 10.0 Å². The molecule has 0 spiro atoms. The van der Waals surface area contributed by atoms with Gasteiger partial charge in [-0.05, 0) is 18.2 Å². The summed E-state index contributed by atoms with van der Waals surface area (Å²) in [7, 11) is 0. The first-order valence-corrected chi connectivity index (χ1v) is 6.30. The van der Waals surface area contributed by atoms with Gasteiger partial charge in [-0.25, -0.2) is 0 Å². The van der Waals surface area contributed by atoms with E-state index >= 15 is 0 Å². The van der Waals surface area contributed by atoms with Gasteiger partial charge in [0.2, 0.25) is 0 Å². The zero-order valence-electron chi connectivity index (χ0n) is 7.78. The highest BCUT2D eigenvalue weighted by Crippen LogP contribution is 2.30. The monoisotopic (exact) mass is 294 g/mol. The smallest absolute Gasteiger partial charge is 0.299 e. The number of rotatable bonds is 3. The Morgan fingerprint density at radius 3 is 2.38 bits per heavy atom. The highest BCUT2D eigenvalue weighted by atomic mass is 35.5. The summed E-state index contributed by atoms with van der Waals surface area (Å²) in [5.41, 5.74) is 0. The van der Waals surface area contributed by atoms with E-state index in [1.807, 2.05) is 0 Å². The van der Waals surface area contributed by atoms with Gasteiger partial charge in [0.1, 0.15) is 10.8 Å². The van der Waals surface area contributed by atoms with Gasteiger partial charge in [0.25, 0.3) is 5.19 Å². The molecule has 1 heterocycles. The second-order valence-corrected chi connectivity index (χ2v) is 4.97. The van der Waals surface area contributed by atoms with Crippen molar-refractivity contribution in [1.82, 2.24) is 10.2 Å². The standard InChI is InChI=1S/C9H5Cl3N2OS/c10-4-8-13-14-9(16-8)15-7-2-5(11)1-6(12)3-7/h1-3H,4H2. The summed E-state index contributed by atoms with van der Waals surface area (Å²) in [6.07, 6.45) is 0. The van der Waals surface area contributed by atoms with Gasteiger partial charge in [-0.2, -0.15) is 0 Å². The van der Waals surface area contributed by atoms with Crippen LogP contribution in [0.25, 0.3) is 0 Å². The predicted octanol–water partition coefficient (Wildman–Crippen LogP) is 4.38. The van der Waals surface area contributed by atoms with Crippen molar-refractivity contribution in [3.63, 3.8) is 0 Å². The molecule has 0 unspecified atom stereocenters. The maximum atomic E-state index is 5.83. The molecule has 0 saturated carbocycles. The van der Waals surface area contributed by atoms with Crippen molar-refractivity contribution in [3.05, 3.63) is 33.3 Å². The fourth-order valence-electron chi connectivity index (χ4n) is 1.02. The van der Waals surface area contributed by atoms with Crippen LogP contribution in [-0.4, -0.2) is 10.2 Å². The van der Waals surface area contributed by atoms with Gasteiger partial charge < -0.3 is 4.74 Å². The number of benzene rings is 1. The molecule has 0 saturated heterocycles. The molecule has 0 radical (unpaired) electrons. The topological polar surface area (TPSA) is 35.0 Å². The lowest BCUT2D eigenvalue weighted by Crippen LogP contribution is -1.83. The van der Waals surface area contributed by atoms with Crippen molar-refractivity contribution in [2.75, 3.05) is 0 Å². The number of hydrogen-bond acceptors (Lipinski definition) is 4. The Labute approximate surface area is 111 Å². The van der Waals surface area contributed by atoms with Crippen LogP contribution in [0.3, 0.4) is 0 Å². The molecule has 1 aromatic heterocycles. The fourth-order valence-corrected chi connectivity index (χ4v) is 2.30. The van der Waals surface area contributed by atoms with Gasteiger partial charge in [0.05, 0.1) is 5.88 Å². The number of hydrogen-bond donors (Lipinski definition) is 0. The van der Waals surface area contributed by atoms with E-state index in [-0.39, 0.29) is 0 Å². The quantitative estimate of drug-likeness (QED) is 0.788. The van der Waals surface area contributed by atoms with E-state index in [0.29, 0.717) is 31.9 Å². The molecule has 3 nitrogen and oxygen atoms in total. The van der Waals surface area contributed by atoms with Gasteiger partial charge in [-0.3, -0.25) is 0 Å². The molecule has 0 aliphatic carbocycles. The highest BCUT2D eigenvalue weighted by Gasteiger charge is 2.06. The van der Waals surface area contributed by atoms with Crippen LogP contribution >= 0.6 is 46.1 Å². The third-order valence-corrected chi connectivity index (χ3v) is 3.25. The Hall–Kier alpha value is -0.550. The second-order valence-electron chi connectivity index (χ2n) is 2.80. The summed E-state index contributed by atoms with van der Waals surface area (Å²) in [5, 5.41) is 9.76. The van der Waals surface area contributed by atoms with Gasteiger partial charge in [0.15, 0.2) is 0 Å². The lowest BCUT2D eigenvalue weighted by Gasteiger charge is -2.01. The van der Waals surface area contributed by atoms with Gasteiger partial charge in [-0.1, -0.05) is 39.6 Å². The molecular weight excluding hydrogens is 291 g/mol. The highest BCUT2D eigenvalue weighted by molar-refractivity contribution is 7.13. The summed E-state index contributed by atoms with van der Waals surface area (Å²) < 4.78 is 5.44. The Kier molecular flexibility index (Phi) is 3.86. The molecule has 16 heavy (non-hydrogen) atoms. The lowest BCUT2D eigenvalue weighted by atomic mass is 10.3. The summed E-state index contributed by atoms with van der Waals surface area (Å²) in [6, 6.07) is 4.92. The molecule has 7 heteroatoms. The first kappa shape index (κ1) is 11.9.